The predicted molar refractivity (Wildman–Crippen MR) is 77.4 cm³/mol. The normalized spacial score (nSPS) is 20.1. The minimum atomic E-state index is -0.269. The van der Waals surface area contributed by atoms with E-state index in [-0.39, 0.29) is 11.7 Å². The fraction of sp³-hybridized carbons (Fsp3) is 0.562. The molecule has 0 spiro atoms. The molecule has 0 aromatic heterocycles. The van der Waals surface area contributed by atoms with Crippen LogP contribution in [0.5, 0.6) is 0 Å². The molecule has 1 fully saturated rings. The maximum Gasteiger partial charge on any atom is 0.227 e. The summed E-state index contributed by atoms with van der Waals surface area (Å²) in [5.74, 6) is -0.214. The highest BCUT2D eigenvalue weighted by molar-refractivity contribution is 5.96. The molecule has 108 valence electrons. The molecule has 0 N–H and O–H groups in total. The summed E-state index contributed by atoms with van der Waals surface area (Å²) in [4.78, 5) is 16.2. The lowest BCUT2D eigenvalue weighted by Gasteiger charge is -2.33. The van der Waals surface area contributed by atoms with Crippen LogP contribution in [0.1, 0.15) is 31.2 Å². The van der Waals surface area contributed by atoms with Crippen molar-refractivity contribution in [3.05, 3.63) is 29.6 Å². The Balaban J connectivity index is 1.73. The third-order valence-corrected chi connectivity index (χ3v) is 4.34. The van der Waals surface area contributed by atoms with Crippen molar-refractivity contribution in [3.8, 4) is 0 Å². The number of benzene rings is 1. The first-order chi connectivity index (χ1) is 9.75. The van der Waals surface area contributed by atoms with E-state index in [9.17, 15) is 9.18 Å². The maximum atomic E-state index is 14.1. The molecule has 1 saturated heterocycles. The van der Waals surface area contributed by atoms with Crippen molar-refractivity contribution in [2.75, 3.05) is 31.1 Å². The van der Waals surface area contributed by atoms with Crippen molar-refractivity contribution < 1.29 is 9.18 Å². The molecule has 0 unspecified atom stereocenters. The number of likely N-dealkylation sites (tertiary alicyclic amines) is 1. The van der Waals surface area contributed by atoms with Crippen LogP contribution in [0, 0.1) is 5.82 Å². The first-order valence-corrected chi connectivity index (χ1v) is 7.56. The fourth-order valence-electron chi connectivity index (χ4n) is 3.23. The molecule has 2 aliphatic heterocycles. The van der Waals surface area contributed by atoms with E-state index < -0.39 is 0 Å². The molecule has 0 saturated carbocycles. The lowest BCUT2D eigenvalue weighted by Crippen LogP contribution is -2.43. The highest BCUT2D eigenvalue weighted by Crippen LogP contribution is 2.30. The second-order valence-corrected chi connectivity index (χ2v) is 5.70. The Hall–Kier alpha value is -1.42. The number of anilines is 1. The smallest absolute Gasteiger partial charge is 0.227 e. The lowest BCUT2D eigenvalue weighted by molar-refractivity contribution is -0.119. The Morgan fingerprint density at radius 3 is 2.65 bits per heavy atom. The van der Waals surface area contributed by atoms with Crippen LogP contribution in [-0.4, -0.2) is 37.0 Å². The van der Waals surface area contributed by atoms with Gasteiger partial charge in [0.1, 0.15) is 5.82 Å². The Kier molecular flexibility index (Phi) is 4.01. The van der Waals surface area contributed by atoms with Gasteiger partial charge in [-0.3, -0.25) is 4.79 Å². The molecule has 2 aliphatic rings. The van der Waals surface area contributed by atoms with E-state index >= 15 is 0 Å². The fourth-order valence-corrected chi connectivity index (χ4v) is 3.23. The zero-order valence-corrected chi connectivity index (χ0v) is 11.8. The van der Waals surface area contributed by atoms with Gasteiger partial charge in [-0.15, -0.1) is 0 Å². The number of carbonyl (C=O) groups excluding carboxylic acids is 1. The number of fused-ring (bicyclic) bond motifs is 1. The summed E-state index contributed by atoms with van der Waals surface area (Å²) in [6, 6.07) is 5.11. The van der Waals surface area contributed by atoms with Gasteiger partial charge >= 0.3 is 0 Å². The molecule has 4 heteroatoms. The summed E-state index contributed by atoms with van der Waals surface area (Å²) in [5, 5.41) is 0. The molecule has 20 heavy (non-hydrogen) atoms. The van der Waals surface area contributed by atoms with E-state index in [2.05, 4.69) is 4.90 Å². The predicted octanol–water partition coefficient (Wildman–Crippen LogP) is 2.59. The standard InChI is InChI=1S/C16H21FN2O/c17-14-6-4-5-13-7-8-15(20)19(16(13)14)12-11-18-9-2-1-3-10-18/h4-6H,1-3,7-12H2. The second kappa shape index (κ2) is 5.92. The summed E-state index contributed by atoms with van der Waals surface area (Å²) < 4.78 is 14.1. The third-order valence-electron chi connectivity index (χ3n) is 4.34. The van der Waals surface area contributed by atoms with Crippen molar-refractivity contribution in [2.24, 2.45) is 0 Å². The van der Waals surface area contributed by atoms with Crippen LogP contribution >= 0.6 is 0 Å². The highest BCUT2D eigenvalue weighted by atomic mass is 19.1. The van der Waals surface area contributed by atoms with Crippen molar-refractivity contribution in [2.45, 2.75) is 32.1 Å². The van der Waals surface area contributed by atoms with Crippen LogP contribution in [0.15, 0.2) is 18.2 Å². The minimum absolute atomic E-state index is 0.0552. The average Bonchev–Trinajstić information content (AvgIpc) is 2.48. The van der Waals surface area contributed by atoms with Crippen molar-refractivity contribution >= 4 is 11.6 Å². The molecule has 3 rings (SSSR count). The number of halogens is 1. The molecule has 0 aliphatic carbocycles. The third kappa shape index (κ3) is 2.70. The van der Waals surface area contributed by atoms with Gasteiger partial charge in [-0.25, -0.2) is 4.39 Å². The van der Waals surface area contributed by atoms with Gasteiger partial charge in [-0.2, -0.15) is 0 Å². The molecule has 2 heterocycles. The number of aryl methyl sites for hydroxylation is 1. The van der Waals surface area contributed by atoms with Gasteiger partial charge < -0.3 is 9.80 Å². The SMILES string of the molecule is O=C1CCc2cccc(F)c2N1CCN1CCCCC1. The molecule has 3 nitrogen and oxygen atoms in total. The number of nitrogens with zero attached hydrogens (tertiary/aromatic N) is 2. The Labute approximate surface area is 119 Å². The maximum absolute atomic E-state index is 14.1. The van der Waals surface area contributed by atoms with Crippen LogP contribution in [0.4, 0.5) is 10.1 Å². The highest BCUT2D eigenvalue weighted by Gasteiger charge is 2.27. The molecule has 0 bridgehead atoms. The Bertz CT molecular complexity index is 497. The summed E-state index contributed by atoms with van der Waals surface area (Å²) in [5.41, 5.74) is 1.48. The monoisotopic (exact) mass is 276 g/mol. The quantitative estimate of drug-likeness (QED) is 0.847. The van der Waals surface area contributed by atoms with Crippen LogP contribution < -0.4 is 4.90 Å². The van der Waals surface area contributed by atoms with Gasteiger partial charge in [0.15, 0.2) is 0 Å². The first-order valence-electron chi connectivity index (χ1n) is 7.56. The molecular formula is C16H21FN2O. The molecular weight excluding hydrogens is 255 g/mol. The number of amides is 1. The summed E-state index contributed by atoms with van der Waals surface area (Å²) in [6.07, 6.45) is 4.93. The second-order valence-electron chi connectivity index (χ2n) is 5.70. The number of hydrogen-bond donors (Lipinski definition) is 0. The van der Waals surface area contributed by atoms with Gasteiger partial charge in [-0.05, 0) is 44.0 Å². The summed E-state index contributed by atoms with van der Waals surface area (Å²) in [6.45, 7) is 3.66. The molecule has 1 aromatic rings. The minimum Gasteiger partial charge on any atom is -0.308 e. The van der Waals surface area contributed by atoms with Crippen molar-refractivity contribution in [1.82, 2.24) is 4.90 Å². The zero-order valence-electron chi connectivity index (χ0n) is 11.8. The number of hydrogen-bond acceptors (Lipinski definition) is 2. The molecule has 1 amide bonds. The van der Waals surface area contributed by atoms with Gasteiger partial charge in [0.25, 0.3) is 0 Å². The van der Waals surface area contributed by atoms with E-state index in [1.54, 1.807) is 11.0 Å². The molecule has 0 atom stereocenters. The van der Waals surface area contributed by atoms with Gasteiger partial charge in [-0.1, -0.05) is 18.6 Å². The number of para-hydroxylation sites is 1. The summed E-state index contributed by atoms with van der Waals surface area (Å²) in [7, 11) is 0. The average molecular weight is 276 g/mol. The van der Waals surface area contributed by atoms with E-state index in [4.69, 9.17) is 0 Å². The molecule has 0 radical (unpaired) electrons. The van der Waals surface area contributed by atoms with Gasteiger partial charge in [0.05, 0.1) is 5.69 Å². The number of rotatable bonds is 3. The van der Waals surface area contributed by atoms with Crippen LogP contribution in [0.3, 0.4) is 0 Å². The van der Waals surface area contributed by atoms with E-state index in [0.29, 0.717) is 25.1 Å². The number of piperidine rings is 1. The van der Waals surface area contributed by atoms with Crippen LogP contribution in [-0.2, 0) is 11.2 Å². The largest absolute Gasteiger partial charge is 0.308 e. The van der Waals surface area contributed by atoms with E-state index in [1.807, 2.05) is 6.07 Å². The zero-order chi connectivity index (χ0) is 13.9. The van der Waals surface area contributed by atoms with Gasteiger partial charge in [0.2, 0.25) is 5.91 Å². The topological polar surface area (TPSA) is 23.6 Å². The Morgan fingerprint density at radius 1 is 1.05 bits per heavy atom. The molecule has 1 aromatic carbocycles. The van der Waals surface area contributed by atoms with Gasteiger partial charge in [0, 0.05) is 19.5 Å². The van der Waals surface area contributed by atoms with Crippen molar-refractivity contribution in [1.29, 1.82) is 0 Å². The van der Waals surface area contributed by atoms with E-state index in [0.717, 1.165) is 25.2 Å². The van der Waals surface area contributed by atoms with Crippen molar-refractivity contribution in [3.63, 3.8) is 0 Å². The van der Waals surface area contributed by atoms with Crippen LogP contribution in [0.25, 0.3) is 0 Å². The van der Waals surface area contributed by atoms with Crippen LogP contribution in [0.2, 0.25) is 0 Å². The first kappa shape index (κ1) is 13.6. The lowest BCUT2D eigenvalue weighted by atomic mass is 10.0. The Morgan fingerprint density at radius 2 is 1.85 bits per heavy atom. The van der Waals surface area contributed by atoms with E-state index in [1.165, 1.54) is 25.3 Å². The summed E-state index contributed by atoms with van der Waals surface area (Å²) >= 11 is 0. The number of carbonyl (C=O) groups is 1.